The molecule has 1 amide bonds. The number of fused-ring (bicyclic) bond motifs is 1. The second kappa shape index (κ2) is 8.19. The first-order valence-corrected chi connectivity index (χ1v) is 7.83. The van der Waals surface area contributed by atoms with Crippen molar-refractivity contribution in [1.82, 2.24) is 9.88 Å². The Morgan fingerprint density at radius 3 is 2.43 bits per heavy atom. The van der Waals surface area contributed by atoms with Gasteiger partial charge in [0.1, 0.15) is 19.3 Å². The molecule has 0 aliphatic rings. The summed E-state index contributed by atoms with van der Waals surface area (Å²) in [5.41, 5.74) is -1.92. The molecule has 0 spiro atoms. The van der Waals surface area contributed by atoms with E-state index in [1.54, 1.807) is 0 Å². The van der Waals surface area contributed by atoms with E-state index in [4.69, 9.17) is 5.11 Å². The van der Waals surface area contributed by atoms with E-state index in [0.29, 0.717) is 6.07 Å². The van der Waals surface area contributed by atoms with Gasteiger partial charge in [-0.25, -0.2) is 4.39 Å². The Morgan fingerprint density at radius 2 is 1.86 bits per heavy atom. The number of carbonyl (C=O) groups excluding carboxylic acids is 2. The number of aromatic nitrogens is 1. The molecular weight excluding hydrogens is 388 g/mol. The van der Waals surface area contributed by atoms with E-state index < -0.39 is 60.6 Å². The van der Waals surface area contributed by atoms with E-state index in [0.717, 1.165) is 16.7 Å². The fraction of sp³-hybridized carbons (Fsp3) is 0.294. The van der Waals surface area contributed by atoms with Crippen molar-refractivity contribution in [2.45, 2.75) is 25.2 Å². The van der Waals surface area contributed by atoms with Crippen molar-refractivity contribution in [3.8, 4) is 0 Å². The maximum Gasteiger partial charge on any atom is 0.416 e. The Labute approximate surface area is 154 Å². The van der Waals surface area contributed by atoms with Gasteiger partial charge < -0.3 is 15.0 Å². The fourth-order valence-electron chi connectivity index (χ4n) is 2.49. The summed E-state index contributed by atoms with van der Waals surface area (Å²) in [6.07, 6.45) is -4.34. The molecule has 1 atom stereocenters. The van der Waals surface area contributed by atoms with Crippen molar-refractivity contribution in [3.05, 3.63) is 46.4 Å². The summed E-state index contributed by atoms with van der Waals surface area (Å²) >= 11 is 0. The number of hydrogen-bond donors (Lipinski definition) is 2. The average Bonchev–Trinajstić information content (AvgIpc) is 2.61. The van der Waals surface area contributed by atoms with Gasteiger partial charge in [0.25, 0.3) is 5.56 Å². The highest BCUT2D eigenvalue weighted by Gasteiger charge is 2.30. The third-order valence-corrected chi connectivity index (χ3v) is 3.85. The predicted octanol–water partition coefficient (Wildman–Crippen LogP) is 1.52. The van der Waals surface area contributed by atoms with Crippen molar-refractivity contribution in [2.24, 2.45) is 0 Å². The number of hydrogen-bond acceptors (Lipinski definition) is 4. The lowest BCUT2D eigenvalue weighted by atomic mass is 10.1. The van der Waals surface area contributed by atoms with Crippen molar-refractivity contribution in [1.29, 1.82) is 0 Å². The zero-order valence-corrected chi connectivity index (χ0v) is 14.1. The predicted molar refractivity (Wildman–Crippen MR) is 88.4 cm³/mol. The SMILES string of the molecule is O=C(O)CC(NC(=O)Cn1ccc2ccc(C(F)(F)F)cc2c1=O)C(=O)CF. The number of pyridine rings is 1. The molecular formula is C17H14F4N2O5. The van der Waals surface area contributed by atoms with E-state index in [2.05, 4.69) is 0 Å². The van der Waals surface area contributed by atoms with Crippen LogP contribution >= 0.6 is 0 Å². The van der Waals surface area contributed by atoms with E-state index in [1.807, 2.05) is 5.32 Å². The number of alkyl halides is 4. The minimum Gasteiger partial charge on any atom is -0.481 e. The molecule has 11 heteroatoms. The monoisotopic (exact) mass is 402 g/mol. The maximum absolute atomic E-state index is 12.8. The molecule has 150 valence electrons. The zero-order chi connectivity index (χ0) is 21.1. The third kappa shape index (κ3) is 4.93. The van der Waals surface area contributed by atoms with E-state index in [-0.39, 0.29) is 10.8 Å². The lowest BCUT2D eigenvalue weighted by Crippen LogP contribution is -2.45. The number of carbonyl (C=O) groups is 3. The average molecular weight is 402 g/mol. The van der Waals surface area contributed by atoms with Gasteiger partial charge in [0.05, 0.1) is 12.0 Å². The van der Waals surface area contributed by atoms with Crippen LogP contribution < -0.4 is 10.9 Å². The van der Waals surface area contributed by atoms with Crippen LogP contribution in [-0.2, 0) is 27.1 Å². The summed E-state index contributed by atoms with van der Waals surface area (Å²) < 4.78 is 51.8. The van der Waals surface area contributed by atoms with Crippen LogP contribution in [-0.4, -0.2) is 40.0 Å². The fourth-order valence-corrected chi connectivity index (χ4v) is 2.49. The first-order chi connectivity index (χ1) is 13.0. The molecule has 0 bridgehead atoms. The Balaban J connectivity index is 2.28. The minimum absolute atomic E-state index is 0.228. The van der Waals surface area contributed by atoms with Gasteiger partial charge in [-0.05, 0) is 23.6 Å². The van der Waals surface area contributed by atoms with Crippen molar-refractivity contribution < 1.29 is 37.1 Å². The number of nitrogens with one attached hydrogen (secondary N) is 1. The molecule has 2 rings (SSSR count). The van der Waals surface area contributed by atoms with Gasteiger partial charge in [-0.15, -0.1) is 0 Å². The first-order valence-electron chi connectivity index (χ1n) is 7.83. The molecule has 7 nitrogen and oxygen atoms in total. The van der Waals surface area contributed by atoms with Gasteiger partial charge in [0.15, 0.2) is 5.78 Å². The zero-order valence-electron chi connectivity index (χ0n) is 14.1. The summed E-state index contributed by atoms with van der Waals surface area (Å²) in [5.74, 6) is -3.58. The standard InChI is InChI=1S/C17H14F4N2O5/c18-7-13(24)12(6-15(26)27)22-14(25)8-23-4-3-9-1-2-10(17(19,20)21)5-11(9)16(23)28/h1-5,12H,6-8H2,(H,22,25)(H,26,27). The smallest absolute Gasteiger partial charge is 0.416 e. The molecule has 0 radical (unpaired) electrons. The normalized spacial score (nSPS) is 12.6. The van der Waals surface area contributed by atoms with Crippen LogP contribution in [0.25, 0.3) is 10.8 Å². The van der Waals surface area contributed by atoms with Crippen LogP contribution in [0.4, 0.5) is 17.6 Å². The van der Waals surface area contributed by atoms with E-state index in [1.165, 1.54) is 12.3 Å². The van der Waals surface area contributed by atoms with Gasteiger partial charge in [0.2, 0.25) is 5.91 Å². The summed E-state index contributed by atoms with van der Waals surface area (Å²) in [6, 6.07) is 2.30. The molecule has 0 aliphatic heterocycles. The highest BCUT2D eigenvalue weighted by molar-refractivity contribution is 5.92. The maximum atomic E-state index is 12.8. The number of carboxylic acid groups (broad SMARTS) is 1. The summed E-state index contributed by atoms with van der Waals surface area (Å²) in [7, 11) is 0. The second-order valence-corrected chi connectivity index (χ2v) is 5.87. The largest absolute Gasteiger partial charge is 0.481 e. The van der Waals surface area contributed by atoms with E-state index >= 15 is 0 Å². The van der Waals surface area contributed by atoms with Gasteiger partial charge >= 0.3 is 12.1 Å². The number of nitrogens with zero attached hydrogens (tertiary/aromatic N) is 1. The first kappa shape index (κ1) is 21.1. The molecule has 0 saturated heterocycles. The van der Waals surface area contributed by atoms with Crippen LogP contribution in [0, 0.1) is 0 Å². The molecule has 1 aromatic carbocycles. The summed E-state index contributed by atoms with van der Waals surface area (Å²) in [5, 5.41) is 10.7. The van der Waals surface area contributed by atoms with Crippen LogP contribution in [0.1, 0.15) is 12.0 Å². The van der Waals surface area contributed by atoms with Gasteiger partial charge in [0, 0.05) is 11.6 Å². The highest BCUT2D eigenvalue weighted by Crippen LogP contribution is 2.30. The lowest BCUT2D eigenvalue weighted by molar-refractivity contribution is -0.140. The van der Waals surface area contributed by atoms with Crippen LogP contribution in [0.3, 0.4) is 0 Å². The Kier molecular flexibility index (Phi) is 6.16. The number of amides is 1. The second-order valence-electron chi connectivity index (χ2n) is 5.87. The number of halogens is 4. The van der Waals surface area contributed by atoms with Gasteiger partial charge in [-0.3, -0.25) is 19.2 Å². The topological polar surface area (TPSA) is 105 Å². The van der Waals surface area contributed by atoms with Crippen molar-refractivity contribution in [2.75, 3.05) is 6.67 Å². The summed E-state index contributed by atoms with van der Waals surface area (Å²) in [6.45, 7) is -2.19. The third-order valence-electron chi connectivity index (χ3n) is 3.85. The van der Waals surface area contributed by atoms with Crippen molar-refractivity contribution >= 4 is 28.4 Å². The van der Waals surface area contributed by atoms with Crippen LogP contribution in [0.5, 0.6) is 0 Å². The Bertz CT molecular complexity index is 984. The van der Waals surface area contributed by atoms with Gasteiger partial charge in [-0.1, -0.05) is 6.07 Å². The number of benzene rings is 1. The molecule has 0 fully saturated rings. The summed E-state index contributed by atoms with van der Waals surface area (Å²) in [4.78, 5) is 46.5. The molecule has 2 aromatic rings. The molecule has 0 saturated carbocycles. The Morgan fingerprint density at radius 1 is 1.18 bits per heavy atom. The molecule has 2 N–H and O–H groups in total. The molecule has 0 aliphatic carbocycles. The van der Waals surface area contributed by atoms with Crippen molar-refractivity contribution in [3.63, 3.8) is 0 Å². The van der Waals surface area contributed by atoms with Crippen LogP contribution in [0.15, 0.2) is 35.3 Å². The van der Waals surface area contributed by atoms with Gasteiger partial charge in [-0.2, -0.15) is 13.2 Å². The lowest BCUT2D eigenvalue weighted by Gasteiger charge is -2.15. The molecule has 1 aromatic heterocycles. The highest BCUT2D eigenvalue weighted by atomic mass is 19.4. The minimum atomic E-state index is -4.66. The molecule has 28 heavy (non-hydrogen) atoms. The molecule has 1 heterocycles. The number of Topliss-reactive ketones (excluding diaryl/α,β-unsaturated/α-hetero) is 1. The number of aliphatic carboxylic acids is 1. The Hall–Kier alpha value is -3.24. The molecule has 1 unspecified atom stereocenters. The number of carboxylic acids is 1. The number of rotatable bonds is 7. The quantitative estimate of drug-likeness (QED) is 0.684. The number of ketones is 1. The van der Waals surface area contributed by atoms with E-state index in [9.17, 15) is 36.7 Å². The van der Waals surface area contributed by atoms with Crippen LogP contribution in [0.2, 0.25) is 0 Å².